The van der Waals surface area contributed by atoms with Gasteiger partial charge in [-0.15, -0.1) is 0 Å². The Morgan fingerprint density at radius 2 is 2.05 bits per heavy atom. The molecule has 0 saturated carbocycles. The average molecular weight is 307 g/mol. The minimum absolute atomic E-state index is 0.00552. The topological polar surface area (TPSA) is 75.9 Å². The number of hydrogen-bond acceptors (Lipinski definition) is 5. The van der Waals surface area contributed by atoms with E-state index in [2.05, 4.69) is 5.16 Å². The molecule has 1 aromatic rings. The molecule has 0 bridgehead atoms. The Labute approximate surface area is 129 Å². The van der Waals surface area contributed by atoms with Crippen LogP contribution in [0.4, 0.5) is 0 Å². The van der Waals surface area contributed by atoms with Crippen molar-refractivity contribution in [2.45, 2.75) is 32.4 Å². The van der Waals surface area contributed by atoms with Gasteiger partial charge in [0.25, 0.3) is 5.91 Å². The number of carbonyl (C=O) groups excluding carboxylic acids is 2. The summed E-state index contributed by atoms with van der Waals surface area (Å²) in [6.07, 6.45) is 0.552. The van der Waals surface area contributed by atoms with E-state index in [1.54, 1.807) is 37.7 Å². The van der Waals surface area contributed by atoms with Crippen molar-refractivity contribution in [2.75, 3.05) is 27.2 Å². The van der Waals surface area contributed by atoms with Crippen molar-refractivity contribution in [1.29, 1.82) is 0 Å². The lowest BCUT2D eigenvalue weighted by Gasteiger charge is -2.22. The summed E-state index contributed by atoms with van der Waals surface area (Å²) in [5, 5.41) is 3.85. The maximum absolute atomic E-state index is 12.9. The molecule has 0 radical (unpaired) electrons. The van der Waals surface area contributed by atoms with Crippen LogP contribution in [-0.4, -0.2) is 66.2 Å². The molecule has 3 atom stereocenters. The van der Waals surface area contributed by atoms with E-state index in [4.69, 9.17) is 9.26 Å². The molecule has 0 aromatic carbocycles. The van der Waals surface area contributed by atoms with Gasteiger partial charge in [-0.25, -0.2) is 0 Å². The molecule has 1 aromatic heterocycles. The number of amides is 2. The Morgan fingerprint density at radius 1 is 1.32 bits per heavy atom. The van der Waals surface area contributed by atoms with E-state index in [-0.39, 0.29) is 29.9 Å². The minimum atomic E-state index is -0.299. The van der Waals surface area contributed by atoms with Crippen LogP contribution in [-0.2, 0) is 9.53 Å². The lowest BCUT2D eigenvalue weighted by atomic mass is 10.0. The van der Waals surface area contributed by atoms with E-state index in [9.17, 15) is 9.59 Å². The van der Waals surface area contributed by atoms with Crippen LogP contribution in [0.25, 0.3) is 0 Å². The third-order valence-electron chi connectivity index (χ3n) is 4.56. The highest BCUT2D eigenvalue weighted by Crippen LogP contribution is 2.35. The first kappa shape index (κ1) is 15.0. The monoisotopic (exact) mass is 307 g/mol. The molecule has 2 fully saturated rings. The van der Waals surface area contributed by atoms with Crippen LogP contribution in [0.2, 0.25) is 0 Å². The molecule has 0 aliphatic carbocycles. The first-order chi connectivity index (χ1) is 10.4. The number of fused-ring (bicyclic) bond motifs is 1. The smallest absolute Gasteiger partial charge is 0.259 e. The highest BCUT2D eigenvalue weighted by molar-refractivity contribution is 5.97. The maximum Gasteiger partial charge on any atom is 0.259 e. The molecule has 7 heteroatoms. The lowest BCUT2D eigenvalue weighted by molar-refractivity contribution is -0.135. The van der Waals surface area contributed by atoms with Crippen molar-refractivity contribution in [3.05, 3.63) is 17.0 Å². The largest absolute Gasteiger partial charge is 0.375 e. The molecule has 2 aliphatic rings. The summed E-state index contributed by atoms with van der Waals surface area (Å²) >= 11 is 0. The Hall–Kier alpha value is -1.89. The number of ether oxygens (including phenoxy) is 1. The first-order valence-electron chi connectivity index (χ1n) is 7.48. The fourth-order valence-corrected chi connectivity index (χ4v) is 3.48. The third kappa shape index (κ3) is 2.20. The van der Waals surface area contributed by atoms with Crippen molar-refractivity contribution < 1.29 is 18.8 Å². The summed E-state index contributed by atoms with van der Waals surface area (Å²) in [4.78, 5) is 28.6. The summed E-state index contributed by atoms with van der Waals surface area (Å²) in [5.41, 5.74) is 1.09. The van der Waals surface area contributed by atoms with Crippen molar-refractivity contribution in [3.8, 4) is 0 Å². The molecule has 2 aliphatic heterocycles. The Morgan fingerprint density at radius 3 is 2.64 bits per heavy atom. The van der Waals surface area contributed by atoms with Crippen LogP contribution in [0.5, 0.6) is 0 Å². The number of nitrogens with zero attached hydrogens (tertiary/aromatic N) is 3. The Bertz CT molecular complexity index is 590. The number of aryl methyl sites for hydroxylation is 2. The van der Waals surface area contributed by atoms with Crippen LogP contribution in [0, 0.1) is 19.8 Å². The van der Waals surface area contributed by atoms with Gasteiger partial charge in [0.2, 0.25) is 5.91 Å². The second-order valence-corrected chi connectivity index (χ2v) is 6.19. The first-order valence-corrected chi connectivity index (χ1v) is 7.48. The molecule has 0 N–H and O–H groups in total. The molecule has 7 nitrogen and oxygen atoms in total. The van der Waals surface area contributed by atoms with Crippen LogP contribution in [0.15, 0.2) is 4.52 Å². The Kier molecular flexibility index (Phi) is 3.68. The van der Waals surface area contributed by atoms with Gasteiger partial charge in [-0.1, -0.05) is 5.16 Å². The van der Waals surface area contributed by atoms with Gasteiger partial charge in [0, 0.05) is 27.2 Å². The molecule has 120 valence electrons. The summed E-state index contributed by atoms with van der Waals surface area (Å²) < 4.78 is 10.8. The summed E-state index contributed by atoms with van der Waals surface area (Å²) in [6, 6.07) is -0.0462. The second kappa shape index (κ2) is 5.39. The highest BCUT2D eigenvalue weighted by Gasteiger charge is 2.51. The van der Waals surface area contributed by atoms with Gasteiger partial charge in [-0.2, -0.15) is 0 Å². The van der Waals surface area contributed by atoms with Gasteiger partial charge in [0.05, 0.1) is 23.8 Å². The van der Waals surface area contributed by atoms with Gasteiger partial charge in [-0.3, -0.25) is 9.59 Å². The molecular weight excluding hydrogens is 286 g/mol. The predicted octanol–water partition coefficient (Wildman–Crippen LogP) is 0.609. The van der Waals surface area contributed by atoms with Crippen LogP contribution >= 0.6 is 0 Å². The molecule has 2 amide bonds. The molecule has 3 heterocycles. The van der Waals surface area contributed by atoms with Crippen molar-refractivity contribution in [1.82, 2.24) is 15.0 Å². The quantitative estimate of drug-likeness (QED) is 0.800. The number of likely N-dealkylation sites (tertiary alicyclic amines) is 1. The molecule has 2 saturated heterocycles. The molecule has 0 spiro atoms. The van der Waals surface area contributed by atoms with E-state index >= 15 is 0 Å². The summed E-state index contributed by atoms with van der Waals surface area (Å²) in [5.74, 6) is 0.101. The van der Waals surface area contributed by atoms with E-state index in [0.717, 1.165) is 6.42 Å². The SMILES string of the molecule is Cc1noc(C)c1C(=O)N1C[C@H](C(=O)N(C)C)[C@@H]2OCC[C@@H]21. The van der Waals surface area contributed by atoms with Crippen molar-refractivity contribution >= 4 is 11.8 Å². The number of aromatic nitrogens is 1. The van der Waals surface area contributed by atoms with Gasteiger partial charge < -0.3 is 19.1 Å². The normalized spacial score (nSPS) is 27.1. The zero-order chi connectivity index (χ0) is 16.0. The minimum Gasteiger partial charge on any atom is -0.375 e. The van der Waals surface area contributed by atoms with E-state index in [0.29, 0.717) is 30.2 Å². The zero-order valence-electron chi connectivity index (χ0n) is 13.3. The molecule has 22 heavy (non-hydrogen) atoms. The highest BCUT2D eigenvalue weighted by atomic mass is 16.5. The fourth-order valence-electron chi connectivity index (χ4n) is 3.48. The summed E-state index contributed by atoms with van der Waals surface area (Å²) in [7, 11) is 3.45. The standard InChI is InChI=1S/C15H21N3O4/c1-8-12(9(2)22-16-8)15(20)18-7-10(14(19)17(3)4)13-11(18)5-6-21-13/h10-11,13H,5-7H2,1-4H3/t10-,11-,13-/m0/s1. The van der Waals surface area contributed by atoms with Crippen molar-refractivity contribution in [2.24, 2.45) is 5.92 Å². The van der Waals surface area contributed by atoms with Crippen molar-refractivity contribution in [3.63, 3.8) is 0 Å². The van der Waals surface area contributed by atoms with Gasteiger partial charge in [0.1, 0.15) is 11.3 Å². The molecule has 0 unspecified atom stereocenters. The number of carbonyl (C=O) groups is 2. The van der Waals surface area contributed by atoms with E-state index < -0.39 is 0 Å². The third-order valence-corrected chi connectivity index (χ3v) is 4.56. The van der Waals surface area contributed by atoms with E-state index in [1.165, 1.54) is 0 Å². The predicted molar refractivity (Wildman–Crippen MR) is 77.3 cm³/mol. The number of hydrogen-bond donors (Lipinski definition) is 0. The maximum atomic E-state index is 12.9. The van der Waals surface area contributed by atoms with E-state index in [1.807, 2.05) is 0 Å². The lowest BCUT2D eigenvalue weighted by Crippen LogP contribution is -2.37. The van der Waals surface area contributed by atoms with Gasteiger partial charge in [-0.05, 0) is 20.3 Å². The van der Waals surface area contributed by atoms with Crippen LogP contribution in [0.3, 0.4) is 0 Å². The fraction of sp³-hybridized carbons (Fsp3) is 0.667. The van der Waals surface area contributed by atoms with Crippen LogP contribution < -0.4 is 0 Å². The Balaban J connectivity index is 1.89. The summed E-state index contributed by atoms with van der Waals surface area (Å²) in [6.45, 7) is 4.45. The number of rotatable bonds is 2. The molecular formula is C15H21N3O4. The second-order valence-electron chi connectivity index (χ2n) is 6.19. The molecule has 3 rings (SSSR count). The zero-order valence-corrected chi connectivity index (χ0v) is 13.3. The van der Waals surface area contributed by atoms with Gasteiger partial charge in [0.15, 0.2) is 0 Å². The van der Waals surface area contributed by atoms with Gasteiger partial charge >= 0.3 is 0 Å². The van der Waals surface area contributed by atoms with Crippen LogP contribution in [0.1, 0.15) is 28.2 Å². The average Bonchev–Trinajstić information content (AvgIpc) is 3.13.